The van der Waals surface area contributed by atoms with Crippen molar-refractivity contribution in [2.24, 2.45) is 5.10 Å². The van der Waals surface area contributed by atoms with Crippen molar-refractivity contribution in [2.75, 3.05) is 11.6 Å². The predicted octanol–water partition coefficient (Wildman–Crippen LogP) is 2.05. The second-order valence-electron chi connectivity index (χ2n) is 3.00. The number of para-hydroxylation sites is 1. The molecular formula is C10H12N2. The fourth-order valence-electron chi connectivity index (χ4n) is 1.66. The van der Waals surface area contributed by atoms with Crippen molar-refractivity contribution < 1.29 is 0 Å². The van der Waals surface area contributed by atoms with Gasteiger partial charge in [-0.25, -0.2) is 0 Å². The van der Waals surface area contributed by atoms with Crippen LogP contribution in [-0.2, 0) is 6.42 Å². The molecule has 2 rings (SSSR count). The standard InChI is InChI=1S/C10H12N2/c1-11-12-8-4-6-9-5-2-3-7-10(9)12/h2-3,5,7H,1,4,6,8H2. The summed E-state index contributed by atoms with van der Waals surface area (Å²) in [7, 11) is 0. The maximum Gasteiger partial charge on any atom is 0.0625 e. The minimum Gasteiger partial charge on any atom is -0.266 e. The molecule has 1 aromatic rings. The average molecular weight is 160 g/mol. The van der Waals surface area contributed by atoms with Crippen LogP contribution in [0.5, 0.6) is 0 Å². The first kappa shape index (κ1) is 7.35. The summed E-state index contributed by atoms with van der Waals surface area (Å²) in [6.07, 6.45) is 2.35. The Kier molecular flexibility index (Phi) is 1.82. The van der Waals surface area contributed by atoms with Crippen LogP contribution in [0.4, 0.5) is 5.69 Å². The second kappa shape index (κ2) is 2.97. The first-order valence-corrected chi connectivity index (χ1v) is 4.24. The van der Waals surface area contributed by atoms with Crippen molar-refractivity contribution in [3.8, 4) is 0 Å². The summed E-state index contributed by atoms with van der Waals surface area (Å²) in [5, 5.41) is 5.94. The van der Waals surface area contributed by atoms with E-state index in [1.165, 1.54) is 24.1 Å². The fourth-order valence-corrected chi connectivity index (χ4v) is 1.66. The van der Waals surface area contributed by atoms with Crippen LogP contribution in [0.25, 0.3) is 0 Å². The molecule has 2 heteroatoms. The van der Waals surface area contributed by atoms with E-state index in [-0.39, 0.29) is 0 Å². The van der Waals surface area contributed by atoms with E-state index in [1.807, 2.05) is 11.1 Å². The molecule has 1 heterocycles. The number of hydrogen-bond donors (Lipinski definition) is 0. The zero-order chi connectivity index (χ0) is 8.39. The molecule has 0 aromatic heterocycles. The summed E-state index contributed by atoms with van der Waals surface area (Å²) in [5.74, 6) is 0. The van der Waals surface area contributed by atoms with Crippen LogP contribution in [0, 0.1) is 0 Å². The molecule has 0 unspecified atom stereocenters. The molecule has 0 fully saturated rings. The Bertz CT molecular complexity index is 294. The van der Waals surface area contributed by atoms with E-state index in [2.05, 4.69) is 30.0 Å². The number of benzene rings is 1. The quantitative estimate of drug-likeness (QED) is 0.574. The highest BCUT2D eigenvalue weighted by Gasteiger charge is 2.13. The number of fused-ring (bicyclic) bond motifs is 1. The Hall–Kier alpha value is -1.31. The van der Waals surface area contributed by atoms with Crippen molar-refractivity contribution in [3.63, 3.8) is 0 Å². The van der Waals surface area contributed by atoms with Crippen LogP contribution in [0.3, 0.4) is 0 Å². The largest absolute Gasteiger partial charge is 0.266 e. The van der Waals surface area contributed by atoms with Crippen molar-refractivity contribution in [3.05, 3.63) is 29.8 Å². The van der Waals surface area contributed by atoms with Crippen molar-refractivity contribution in [2.45, 2.75) is 12.8 Å². The lowest BCUT2D eigenvalue weighted by atomic mass is 10.0. The van der Waals surface area contributed by atoms with Crippen molar-refractivity contribution in [1.82, 2.24) is 0 Å². The van der Waals surface area contributed by atoms with Gasteiger partial charge in [0.25, 0.3) is 0 Å². The molecule has 0 saturated heterocycles. The van der Waals surface area contributed by atoms with E-state index >= 15 is 0 Å². The molecular weight excluding hydrogens is 148 g/mol. The molecule has 1 aromatic carbocycles. The van der Waals surface area contributed by atoms with Crippen LogP contribution in [0.1, 0.15) is 12.0 Å². The first-order valence-electron chi connectivity index (χ1n) is 4.24. The van der Waals surface area contributed by atoms with Gasteiger partial charge in [-0.05, 0) is 24.5 Å². The summed E-state index contributed by atoms with van der Waals surface area (Å²) in [6.45, 7) is 4.56. The van der Waals surface area contributed by atoms with Crippen LogP contribution in [0.15, 0.2) is 29.4 Å². The zero-order valence-electron chi connectivity index (χ0n) is 7.03. The molecule has 0 amide bonds. The SMILES string of the molecule is C=NN1CCCc2ccccc21. The van der Waals surface area contributed by atoms with Crippen molar-refractivity contribution in [1.29, 1.82) is 0 Å². The summed E-state index contributed by atoms with van der Waals surface area (Å²) in [6, 6.07) is 8.38. The molecule has 12 heavy (non-hydrogen) atoms. The fraction of sp³-hybridized carbons (Fsp3) is 0.300. The molecule has 0 bridgehead atoms. The molecule has 0 saturated carbocycles. The third-order valence-electron chi connectivity index (χ3n) is 2.26. The van der Waals surface area contributed by atoms with Gasteiger partial charge in [0.05, 0.1) is 5.69 Å². The smallest absolute Gasteiger partial charge is 0.0625 e. The van der Waals surface area contributed by atoms with Crippen LogP contribution >= 0.6 is 0 Å². The number of nitrogens with zero attached hydrogens (tertiary/aromatic N) is 2. The Labute approximate surface area is 72.5 Å². The van der Waals surface area contributed by atoms with Gasteiger partial charge in [-0.3, -0.25) is 5.01 Å². The molecule has 0 aliphatic carbocycles. The highest BCUT2D eigenvalue weighted by molar-refractivity contribution is 5.55. The Morgan fingerprint density at radius 2 is 2.17 bits per heavy atom. The third kappa shape index (κ3) is 1.09. The molecule has 0 spiro atoms. The lowest BCUT2D eigenvalue weighted by molar-refractivity contribution is 0.718. The van der Waals surface area contributed by atoms with E-state index in [9.17, 15) is 0 Å². The van der Waals surface area contributed by atoms with E-state index in [1.54, 1.807) is 0 Å². The van der Waals surface area contributed by atoms with Gasteiger partial charge in [0, 0.05) is 13.3 Å². The topological polar surface area (TPSA) is 15.6 Å². The van der Waals surface area contributed by atoms with Gasteiger partial charge in [-0.15, -0.1) is 0 Å². The summed E-state index contributed by atoms with van der Waals surface area (Å²) < 4.78 is 0. The number of hydrogen-bond acceptors (Lipinski definition) is 2. The molecule has 1 aliphatic rings. The number of hydrazone groups is 1. The normalized spacial score (nSPS) is 15.5. The molecule has 62 valence electrons. The van der Waals surface area contributed by atoms with E-state index in [4.69, 9.17) is 0 Å². The summed E-state index contributed by atoms with van der Waals surface area (Å²) in [4.78, 5) is 0. The third-order valence-corrected chi connectivity index (χ3v) is 2.26. The molecule has 0 atom stereocenters. The van der Waals surface area contributed by atoms with Gasteiger partial charge in [0.15, 0.2) is 0 Å². The molecule has 2 nitrogen and oxygen atoms in total. The molecule has 0 N–H and O–H groups in total. The monoisotopic (exact) mass is 160 g/mol. The van der Waals surface area contributed by atoms with Crippen LogP contribution in [-0.4, -0.2) is 13.3 Å². The lowest BCUT2D eigenvalue weighted by Crippen LogP contribution is -2.23. The summed E-state index contributed by atoms with van der Waals surface area (Å²) >= 11 is 0. The maximum atomic E-state index is 3.97. The van der Waals surface area contributed by atoms with Gasteiger partial charge in [0.2, 0.25) is 0 Å². The van der Waals surface area contributed by atoms with Gasteiger partial charge in [-0.1, -0.05) is 18.2 Å². The number of rotatable bonds is 1. The molecule has 1 aliphatic heterocycles. The first-order chi connectivity index (χ1) is 5.92. The van der Waals surface area contributed by atoms with E-state index in [0.717, 1.165) is 6.54 Å². The number of anilines is 1. The Morgan fingerprint density at radius 3 is 3.00 bits per heavy atom. The highest BCUT2D eigenvalue weighted by atomic mass is 15.4. The predicted molar refractivity (Wildman–Crippen MR) is 51.7 cm³/mol. The second-order valence-corrected chi connectivity index (χ2v) is 3.00. The van der Waals surface area contributed by atoms with E-state index in [0.29, 0.717) is 0 Å². The number of aryl methyl sites for hydroxylation is 1. The minimum absolute atomic E-state index is 1.00. The van der Waals surface area contributed by atoms with Gasteiger partial charge >= 0.3 is 0 Å². The Morgan fingerprint density at radius 1 is 1.33 bits per heavy atom. The van der Waals surface area contributed by atoms with Crippen LogP contribution < -0.4 is 5.01 Å². The Balaban J connectivity index is 2.43. The van der Waals surface area contributed by atoms with Crippen molar-refractivity contribution >= 4 is 12.4 Å². The van der Waals surface area contributed by atoms with Crippen LogP contribution in [0.2, 0.25) is 0 Å². The van der Waals surface area contributed by atoms with Gasteiger partial charge in [0.1, 0.15) is 0 Å². The lowest BCUT2D eigenvalue weighted by Gasteiger charge is -2.25. The minimum atomic E-state index is 1.00. The van der Waals surface area contributed by atoms with Gasteiger partial charge < -0.3 is 0 Å². The van der Waals surface area contributed by atoms with E-state index < -0.39 is 0 Å². The maximum absolute atomic E-state index is 3.97. The average Bonchev–Trinajstić information content (AvgIpc) is 2.17. The molecule has 0 radical (unpaired) electrons. The highest BCUT2D eigenvalue weighted by Crippen LogP contribution is 2.26. The summed E-state index contributed by atoms with van der Waals surface area (Å²) in [5.41, 5.74) is 2.61. The van der Waals surface area contributed by atoms with Gasteiger partial charge in [-0.2, -0.15) is 5.10 Å². The zero-order valence-corrected chi connectivity index (χ0v) is 7.03.